The number of nitrogens with zero attached hydrogens (tertiary/aromatic N) is 2. The normalized spacial score (nSPS) is 10.1. The molecule has 0 saturated heterocycles. The van der Waals surface area contributed by atoms with Gasteiger partial charge in [0.05, 0.1) is 15.9 Å². The third-order valence-electron chi connectivity index (χ3n) is 3.72. The molecule has 0 aliphatic rings. The number of nitrogens with one attached hydrogen (secondary N) is 1. The van der Waals surface area contributed by atoms with Crippen molar-refractivity contribution in [2.45, 2.75) is 0 Å². The van der Waals surface area contributed by atoms with Gasteiger partial charge in [0.15, 0.2) is 0 Å². The number of hydrogen-bond acceptors (Lipinski definition) is 6. The molecular weight excluding hydrogens is 366 g/mol. The van der Waals surface area contributed by atoms with Crippen LogP contribution in [0.1, 0.15) is 10.4 Å². The molecule has 1 amide bonds. The van der Waals surface area contributed by atoms with Gasteiger partial charge in [-0.15, -0.1) is 0 Å². The van der Waals surface area contributed by atoms with Gasteiger partial charge in [-0.1, -0.05) is 18.2 Å². The summed E-state index contributed by atoms with van der Waals surface area (Å²) in [5.74, 6) is 0.449. The predicted molar refractivity (Wildman–Crippen MR) is 101 cm³/mol. The topological polar surface area (TPSA) is 125 Å². The average molecular weight is 379 g/mol. The van der Waals surface area contributed by atoms with Crippen molar-refractivity contribution in [3.63, 3.8) is 0 Å². The van der Waals surface area contributed by atoms with Crippen molar-refractivity contribution in [3.8, 4) is 11.5 Å². The van der Waals surface area contributed by atoms with Crippen molar-refractivity contribution in [2.75, 3.05) is 5.32 Å². The lowest BCUT2D eigenvalue weighted by Crippen LogP contribution is -2.14. The number of anilines is 1. The summed E-state index contributed by atoms with van der Waals surface area (Å²) >= 11 is 0. The van der Waals surface area contributed by atoms with Crippen LogP contribution in [-0.2, 0) is 0 Å². The zero-order chi connectivity index (χ0) is 20.1. The first-order valence-corrected chi connectivity index (χ1v) is 8.01. The molecule has 0 fully saturated rings. The molecule has 0 bridgehead atoms. The molecule has 0 aliphatic carbocycles. The highest BCUT2D eigenvalue weighted by molar-refractivity contribution is 6.07. The summed E-state index contributed by atoms with van der Waals surface area (Å²) in [5.41, 5.74) is -1.00. The van der Waals surface area contributed by atoms with E-state index in [0.717, 1.165) is 18.2 Å². The maximum atomic E-state index is 12.4. The Morgan fingerprint density at radius 1 is 0.821 bits per heavy atom. The molecule has 0 saturated carbocycles. The summed E-state index contributed by atoms with van der Waals surface area (Å²) in [6, 6.07) is 18.4. The number of ether oxygens (including phenoxy) is 1. The molecule has 0 unspecified atom stereocenters. The molecule has 0 aromatic heterocycles. The van der Waals surface area contributed by atoms with Gasteiger partial charge in [-0.3, -0.25) is 25.0 Å². The zero-order valence-corrected chi connectivity index (χ0v) is 14.3. The standard InChI is InChI=1S/C19H13N3O6/c23-19(17-11-8-14(21(24)25)12-18(17)22(26)27)20-13-6-9-16(10-7-13)28-15-4-2-1-3-5-15/h1-12H,(H,20,23). The van der Waals surface area contributed by atoms with E-state index in [-0.39, 0.29) is 5.56 Å². The number of benzene rings is 3. The SMILES string of the molecule is O=C(Nc1ccc(Oc2ccccc2)cc1)c1ccc([N+](=O)[O-])cc1[N+](=O)[O-]. The summed E-state index contributed by atoms with van der Waals surface area (Å²) < 4.78 is 5.64. The van der Waals surface area contributed by atoms with E-state index in [2.05, 4.69) is 5.32 Å². The van der Waals surface area contributed by atoms with E-state index in [4.69, 9.17) is 4.74 Å². The molecule has 9 nitrogen and oxygen atoms in total. The second kappa shape index (κ2) is 7.96. The minimum Gasteiger partial charge on any atom is -0.457 e. The molecule has 28 heavy (non-hydrogen) atoms. The minimum absolute atomic E-state index is 0.278. The molecule has 0 radical (unpaired) electrons. The van der Waals surface area contributed by atoms with E-state index >= 15 is 0 Å². The van der Waals surface area contributed by atoms with Gasteiger partial charge in [-0.05, 0) is 42.5 Å². The fourth-order valence-electron chi connectivity index (χ4n) is 2.41. The highest BCUT2D eigenvalue weighted by Gasteiger charge is 2.24. The smallest absolute Gasteiger partial charge is 0.289 e. The van der Waals surface area contributed by atoms with Gasteiger partial charge >= 0.3 is 0 Å². The lowest BCUT2D eigenvalue weighted by Gasteiger charge is -2.08. The van der Waals surface area contributed by atoms with Crippen molar-refractivity contribution in [3.05, 3.63) is 98.6 Å². The Morgan fingerprint density at radius 3 is 2.07 bits per heavy atom. The second-order valence-corrected chi connectivity index (χ2v) is 5.61. The van der Waals surface area contributed by atoms with Crippen molar-refractivity contribution < 1.29 is 19.4 Å². The Kier molecular flexibility index (Phi) is 5.26. The number of para-hydroxylation sites is 1. The van der Waals surface area contributed by atoms with E-state index in [1.54, 1.807) is 36.4 Å². The molecular formula is C19H13N3O6. The van der Waals surface area contributed by atoms with Crippen molar-refractivity contribution in [2.24, 2.45) is 0 Å². The molecule has 3 aromatic rings. The van der Waals surface area contributed by atoms with Crippen LogP contribution in [0.2, 0.25) is 0 Å². The van der Waals surface area contributed by atoms with Crippen LogP contribution < -0.4 is 10.1 Å². The lowest BCUT2D eigenvalue weighted by atomic mass is 10.1. The van der Waals surface area contributed by atoms with E-state index in [1.165, 1.54) is 0 Å². The van der Waals surface area contributed by atoms with Crippen LogP contribution in [0, 0.1) is 20.2 Å². The summed E-state index contributed by atoms with van der Waals surface area (Å²) in [7, 11) is 0. The maximum absolute atomic E-state index is 12.4. The molecule has 0 spiro atoms. The average Bonchev–Trinajstić information content (AvgIpc) is 2.69. The summed E-state index contributed by atoms with van der Waals surface area (Å²) in [5, 5.41) is 24.5. The van der Waals surface area contributed by atoms with Crippen LogP contribution in [-0.4, -0.2) is 15.8 Å². The van der Waals surface area contributed by atoms with Crippen molar-refractivity contribution in [1.29, 1.82) is 0 Å². The Morgan fingerprint density at radius 2 is 1.46 bits per heavy atom. The van der Waals surface area contributed by atoms with E-state index in [9.17, 15) is 25.0 Å². The Balaban J connectivity index is 1.76. The van der Waals surface area contributed by atoms with Crippen molar-refractivity contribution >= 4 is 23.0 Å². The van der Waals surface area contributed by atoms with Gasteiger partial charge in [0.25, 0.3) is 17.3 Å². The van der Waals surface area contributed by atoms with Gasteiger partial charge in [0, 0.05) is 11.8 Å². The zero-order valence-electron chi connectivity index (χ0n) is 14.3. The molecule has 9 heteroatoms. The molecule has 3 aromatic carbocycles. The first-order chi connectivity index (χ1) is 13.4. The van der Waals surface area contributed by atoms with Gasteiger partial charge in [0.1, 0.15) is 17.1 Å². The fourth-order valence-corrected chi connectivity index (χ4v) is 2.41. The number of nitro groups is 2. The van der Waals surface area contributed by atoms with Crippen LogP contribution in [0.15, 0.2) is 72.8 Å². The second-order valence-electron chi connectivity index (χ2n) is 5.61. The number of carbonyl (C=O) groups excluding carboxylic acids is 1. The number of amides is 1. The number of hydrogen-bond donors (Lipinski definition) is 1. The summed E-state index contributed by atoms with van der Waals surface area (Å²) in [4.78, 5) is 32.7. The Hall–Kier alpha value is -4.27. The van der Waals surface area contributed by atoms with E-state index in [1.807, 2.05) is 18.2 Å². The first-order valence-electron chi connectivity index (χ1n) is 8.01. The van der Waals surface area contributed by atoms with Crippen LogP contribution >= 0.6 is 0 Å². The number of non-ortho nitro benzene ring substituents is 1. The first kappa shape index (κ1) is 18.5. The van der Waals surface area contributed by atoms with Crippen LogP contribution in [0.5, 0.6) is 11.5 Å². The lowest BCUT2D eigenvalue weighted by molar-refractivity contribution is -0.394. The van der Waals surface area contributed by atoms with Crippen LogP contribution in [0.3, 0.4) is 0 Å². The third kappa shape index (κ3) is 4.28. The predicted octanol–water partition coefficient (Wildman–Crippen LogP) is 4.55. The maximum Gasteiger partial charge on any atom is 0.289 e. The number of nitro benzene ring substituents is 2. The molecule has 1 N–H and O–H groups in total. The van der Waals surface area contributed by atoms with E-state index < -0.39 is 27.1 Å². The molecule has 0 aliphatic heterocycles. The number of carbonyl (C=O) groups is 1. The van der Waals surface area contributed by atoms with Crippen molar-refractivity contribution in [1.82, 2.24) is 0 Å². The molecule has 0 heterocycles. The minimum atomic E-state index is -0.835. The largest absolute Gasteiger partial charge is 0.457 e. The van der Waals surface area contributed by atoms with E-state index in [0.29, 0.717) is 17.2 Å². The quantitative estimate of drug-likeness (QED) is 0.495. The monoisotopic (exact) mass is 379 g/mol. The molecule has 3 rings (SSSR count). The van der Waals surface area contributed by atoms with Gasteiger partial charge < -0.3 is 10.1 Å². The third-order valence-corrected chi connectivity index (χ3v) is 3.72. The summed E-state index contributed by atoms with van der Waals surface area (Å²) in [6.07, 6.45) is 0. The highest BCUT2D eigenvalue weighted by Crippen LogP contribution is 2.26. The Bertz CT molecular complexity index is 1040. The van der Waals surface area contributed by atoms with Gasteiger partial charge in [-0.2, -0.15) is 0 Å². The molecule has 140 valence electrons. The fraction of sp³-hybridized carbons (Fsp3) is 0. The number of rotatable bonds is 6. The molecule has 0 atom stereocenters. The Labute approximate surface area is 158 Å². The van der Waals surface area contributed by atoms with Gasteiger partial charge in [-0.25, -0.2) is 0 Å². The van der Waals surface area contributed by atoms with Crippen LogP contribution in [0.4, 0.5) is 17.1 Å². The van der Waals surface area contributed by atoms with Gasteiger partial charge in [0.2, 0.25) is 0 Å². The van der Waals surface area contributed by atoms with Crippen LogP contribution in [0.25, 0.3) is 0 Å². The summed E-state index contributed by atoms with van der Waals surface area (Å²) in [6.45, 7) is 0. The highest BCUT2D eigenvalue weighted by atomic mass is 16.6.